The van der Waals surface area contributed by atoms with Crippen LogP contribution in [0.4, 0.5) is 4.39 Å². The fraction of sp³-hybridized carbons (Fsp3) is 0.667. The lowest BCUT2D eigenvalue weighted by Crippen LogP contribution is -2.19. The Morgan fingerprint density at radius 3 is 3.20 bits per heavy atom. The predicted octanol–water partition coefficient (Wildman–Crippen LogP) is 2.37. The van der Waals surface area contributed by atoms with Gasteiger partial charge in [-0.05, 0) is 19.3 Å². The van der Waals surface area contributed by atoms with E-state index < -0.39 is 0 Å². The standard InChI is InChI=1S/C9H13FN2O2S/c1-13-15-9-7(10)6-11-12(9)8-4-2-3-5-14-8/h6,8H,2-5H2,1H3. The molecule has 84 valence electrons. The van der Waals surface area contributed by atoms with Crippen LogP contribution in [0.25, 0.3) is 0 Å². The second-order valence-corrected chi connectivity index (χ2v) is 4.20. The van der Waals surface area contributed by atoms with Gasteiger partial charge in [0.1, 0.15) is 0 Å². The van der Waals surface area contributed by atoms with Gasteiger partial charge in [0.25, 0.3) is 0 Å². The van der Waals surface area contributed by atoms with Crippen LogP contribution in [0.3, 0.4) is 0 Å². The summed E-state index contributed by atoms with van der Waals surface area (Å²) in [4.78, 5) is 0. The summed E-state index contributed by atoms with van der Waals surface area (Å²) in [7, 11) is 1.50. The molecular formula is C9H13FN2O2S. The first-order valence-electron chi connectivity index (χ1n) is 4.88. The summed E-state index contributed by atoms with van der Waals surface area (Å²) in [6, 6.07) is 0. The molecule has 15 heavy (non-hydrogen) atoms. The summed E-state index contributed by atoms with van der Waals surface area (Å²) in [6.07, 6.45) is 4.06. The van der Waals surface area contributed by atoms with Gasteiger partial charge < -0.3 is 8.92 Å². The van der Waals surface area contributed by atoms with Crippen molar-refractivity contribution < 1.29 is 13.3 Å². The van der Waals surface area contributed by atoms with Gasteiger partial charge in [-0.15, -0.1) is 0 Å². The van der Waals surface area contributed by atoms with Crippen molar-refractivity contribution >= 4 is 12.0 Å². The highest BCUT2D eigenvalue weighted by Crippen LogP contribution is 2.29. The molecule has 1 aliphatic rings. The molecule has 0 aliphatic carbocycles. The molecule has 2 heterocycles. The second kappa shape index (κ2) is 4.96. The third kappa shape index (κ3) is 2.32. The Bertz CT molecular complexity index is 326. The van der Waals surface area contributed by atoms with Gasteiger partial charge in [-0.2, -0.15) is 5.10 Å². The van der Waals surface area contributed by atoms with Crippen LogP contribution in [-0.2, 0) is 8.92 Å². The second-order valence-electron chi connectivity index (χ2n) is 3.31. The molecule has 0 N–H and O–H groups in total. The Balaban J connectivity index is 2.18. The Kier molecular flexibility index (Phi) is 3.61. The van der Waals surface area contributed by atoms with Gasteiger partial charge in [-0.3, -0.25) is 0 Å². The summed E-state index contributed by atoms with van der Waals surface area (Å²) < 4.78 is 25.3. The fourth-order valence-electron chi connectivity index (χ4n) is 1.61. The highest BCUT2D eigenvalue weighted by atomic mass is 32.2. The molecule has 1 atom stereocenters. The van der Waals surface area contributed by atoms with Crippen molar-refractivity contribution in [3.8, 4) is 0 Å². The van der Waals surface area contributed by atoms with Crippen molar-refractivity contribution in [2.24, 2.45) is 0 Å². The van der Waals surface area contributed by atoms with Crippen LogP contribution in [-0.4, -0.2) is 23.5 Å². The van der Waals surface area contributed by atoms with E-state index >= 15 is 0 Å². The lowest BCUT2D eigenvalue weighted by atomic mass is 10.2. The molecule has 1 fully saturated rings. The maximum absolute atomic E-state index is 13.3. The van der Waals surface area contributed by atoms with Crippen molar-refractivity contribution in [3.63, 3.8) is 0 Å². The number of aromatic nitrogens is 2. The lowest BCUT2D eigenvalue weighted by molar-refractivity contribution is -0.0452. The Labute approximate surface area is 91.9 Å². The number of hydrogen-bond donors (Lipinski definition) is 0. The predicted molar refractivity (Wildman–Crippen MR) is 53.9 cm³/mol. The minimum atomic E-state index is -0.365. The molecule has 0 spiro atoms. The third-order valence-electron chi connectivity index (χ3n) is 2.30. The van der Waals surface area contributed by atoms with E-state index in [1.165, 1.54) is 13.3 Å². The van der Waals surface area contributed by atoms with Crippen LogP contribution in [0.15, 0.2) is 11.2 Å². The number of hydrogen-bond acceptors (Lipinski definition) is 4. The van der Waals surface area contributed by atoms with Gasteiger partial charge in [0, 0.05) is 6.61 Å². The van der Waals surface area contributed by atoms with E-state index in [1.807, 2.05) is 0 Å². The number of ether oxygens (including phenoxy) is 1. The molecule has 0 saturated carbocycles. The van der Waals surface area contributed by atoms with E-state index in [0.29, 0.717) is 11.6 Å². The smallest absolute Gasteiger partial charge is 0.177 e. The zero-order valence-corrected chi connectivity index (χ0v) is 9.30. The summed E-state index contributed by atoms with van der Waals surface area (Å²) in [5, 5.41) is 4.35. The van der Waals surface area contributed by atoms with Crippen molar-refractivity contribution in [1.82, 2.24) is 9.78 Å². The topological polar surface area (TPSA) is 36.3 Å². The Morgan fingerprint density at radius 2 is 2.53 bits per heavy atom. The van der Waals surface area contributed by atoms with E-state index in [0.717, 1.165) is 31.3 Å². The molecule has 2 rings (SSSR count). The van der Waals surface area contributed by atoms with E-state index in [-0.39, 0.29) is 12.0 Å². The van der Waals surface area contributed by atoms with Gasteiger partial charge in [-0.1, -0.05) is 0 Å². The van der Waals surface area contributed by atoms with Gasteiger partial charge in [0.15, 0.2) is 17.1 Å². The molecule has 0 bridgehead atoms. The average molecular weight is 232 g/mol. The highest BCUT2D eigenvalue weighted by molar-refractivity contribution is 7.94. The summed E-state index contributed by atoms with van der Waals surface area (Å²) in [5.74, 6) is -0.365. The Hall–Kier alpha value is -0.590. The van der Waals surface area contributed by atoms with Gasteiger partial charge in [-0.25, -0.2) is 9.07 Å². The molecule has 1 unspecified atom stereocenters. The molecule has 0 amide bonds. The summed E-state index contributed by atoms with van der Waals surface area (Å²) in [6.45, 7) is 0.712. The quantitative estimate of drug-likeness (QED) is 0.750. The Morgan fingerprint density at radius 1 is 1.67 bits per heavy atom. The van der Waals surface area contributed by atoms with E-state index in [2.05, 4.69) is 5.10 Å². The zero-order valence-electron chi connectivity index (χ0n) is 8.48. The molecule has 1 saturated heterocycles. The molecule has 0 radical (unpaired) electrons. The molecule has 6 heteroatoms. The van der Waals surface area contributed by atoms with Crippen LogP contribution in [0.2, 0.25) is 0 Å². The molecule has 1 aromatic rings. The highest BCUT2D eigenvalue weighted by Gasteiger charge is 2.22. The van der Waals surface area contributed by atoms with Crippen molar-refractivity contribution in [2.75, 3.05) is 13.7 Å². The average Bonchev–Trinajstić information content (AvgIpc) is 2.63. The molecule has 0 aromatic carbocycles. The largest absolute Gasteiger partial charge is 0.356 e. The van der Waals surface area contributed by atoms with Crippen LogP contribution in [0, 0.1) is 5.82 Å². The number of rotatable bonds is 3. The van der Waals surface area contributed by atoms with Crippen molar-refractivity contribution in [1.29, 1.82) is 0 Å². The van der Waals surface area contributed by atoms with E-state index in [1.54, 1.807) is 4.68 Å². The molecule has 1 aromatic heterocycles. The van der Waals surface area contributed by atoms with Crippen molar-refractivity contribution in [3.05, 3.63) is 12.0 Å². The van der Waals surface area contributed by atoms with Crippen LogP contribution < -0.4 is 0 Å². The summed E-state index contributed by atoms with van der Waals surface area (Å²) in [5.41, 5.74) is 0. The molecule has 4 nitrogen and oxygen atoms in total. The summed E-state index contributed by atoms with van der Waals surface area (Å²) >= 11 is 0.974. The van der Waals surface area contributed by atoms with E-state index in [4.69, 9.17) is 8.92 Å². The first kappa shape index (κ1) is 10.9. The molecule has 1 aliphatic heterocycles. The third-order valence-corrected chi connectivity index (χ3v) is 3.01. The maximum Gasteiger partial charge on any atom is 0.177 e. The van der Waals surface area contributed by atoms with Crippen LogP contribution in [0.1, 0.15) is 25.5 Å². The normalized spacial score (nSPS) is 21.9. The van der Waals surface area contributed by atoms with E-state index in [9.17, 15) is 4.39 Å². The minimum Gasteiger partial charge on any atom is -0.356 e. The fourth-order valence-corrected chi connectivity index (χ4v) is 2.14. The SMILES string of the molecule is COSc1c(F)cnn1C1CCCCO1. The van der Waals surface area contributed by atoms with Crippen LogP contribution in [0.5, 0.6) is 0 Å². The maximum atomic E-state index is 13.3. The first-order valence-corrected chi connectivity index (χ1v) is 5.62. The number of nitrogens with zero attached hydrogens (tertiary/aromatic N) is 2. The minimum absolute atomic E-state index is 0.152. The van der Waals surface area contributed by atoms with Crippen LogP contribution >= 0.6 is 12.0 Å². The van der Waals surface area contributed by atoms with Gasteiger partial charge in [0.2, 0.25) is 0 Å². The van der Waals surface area contributed by atoms with Crippen molar-refractivity contribution in [2.45, 2.75) is 30.5 Å². The first-order chi connectivity index (χ1) is 7.33. The lowest BCUT2D eigenvalue weighted by Gasteiger charge is -2.23. The monoisotopic (exact) mass is 232 g/mol. The van der Waals surface area contributed by atoms with Gasteiger partial charge >= 0.3 is 0 Å². The zero-order chi connectivity index (χ0) is 10.7. The van der Waals surface area contributed by atoms with Gasteiger partial charge in [0.05, 0.1) is 25.3 Å². The molecular weight excluding hydrogens is 219 g/mol. The number of halogens is 1.